The highest BCUT2D eigenvalue weighted by molar-refractivity contribution is 5.69. The van der Waals surface area contributed by atoms with Gasteiger partial charge in [-0.2, -0.15) is 0 Å². The highest BCUT2D eigenvalue weighted by Gasteiger charge is 2.21. The standard InChI is InChI=1S/C14H21NO4/c1-8(14(16)17)7-11(15)10-5-6-12(18-3)9(2)13(10)19-4/h5-6,8,11H,7,15H2,1-4H3,(H,16,17). The van der Waals surface area contributed by atoms with Crippen LogP contribution in [0.3, 0.4) is 0 Å². The Morgan fingerprint density at radius 1 is 1.37 bits per heavy atom. The van der Waals surface area contributed by atoms with Gasteiger partial charge in [0.05, 0.1) is 20.1 Å². The molecule has 0 amide bonds. The molecule has 5 nitrogen and oxygen atoms in total. The van der Waals surface area contributed by atoms with E-state index < -0.39 is 11.9 Å². The third-order valence-electron chi connectivity index (χ3n) is 3.24. The number of carboxylic acids is 1. The molecule has 1 aromatic rings. The van der Waals surface area contributed by atoms with Gasteiger partial charge in [-0.15, -0.1) is 0 Å². The van der Waals surface area contributed by atoms with Gasteiger partial charge in [0.2, 0.25) is 0 Å². The Labute approximate surface area is 113 Å². The van der Waals surface area contributed by atoms with Gasteiger partial charge < -0.3 is 20.3 Å². The first-order chi connectivity index (χ1) is 8.92. The first-order valence-corrected chi connectivity index (χ1v) is 6.12. The van der Waals surface area contributed by atoms with Gasteiger partial charge in [0.15, 0.2) is 0 Å². The molecule has 19 heavy (non-hydrogen) atoms. The number of carboxylic acid groups (broad SMARTS) is 1. The number of aliphatic carboxylic acids is 1. The molecule has 0 aromatic heterocycles. The van der Waals surface area contributed by atoms with Crippen molar-refractivity contribution in [3.05, 3.63) is 23.3 Å². The first-order valence-electron chi connectivity index (χ1n) is 6.12. The second-order valence-corrected chi connectivity index (χ2v) is 4.60. The van der Waals surface area contributed by atoms with Crippen LogP contribution in [0.25, 0.3) is 0 Å². The molecule has 0 heterocycles. The lowest BCUT2D eigenvalue weighted by Gasteiger charge is -2.20. The van der Waals surface area contributed by atoms with Gasteiger partial charge >= 0.3 is 5.97 Å². The van der Waals surface area contributed by atoms with E-state index >= 15 is 0 Å². The predicted molar refractivity (Wildman–Crippen MR) is 72.6 cm³/mol. The summed E-state index contributed by atoms with van der Waals surface area (Å²) in [5.41, 5.74) is 7.75. The third kappa shape index (κ3) is 3.38. The summed E-state index contributed by atoms with van der Waals surface area (Å²) in [4.78, 5) is 10.9. The summed E-state index contributed by atoms with van der Waals surface area (Å²) in [6.07, 6.45) is 0.359. The van der Waals surface area contributed by atoms with Crippen LogP contribution in [0.5, 0.6) is 11.5 Å². The van der Waals surface area contributed by atoms with Crippen molar-refractivity contribution in [1.82, 2.24) is 0 Å². The zero-order valence-corrected chi connectivity index (χ0v) is 11.8. The highest BCUT2D eigenvalue weighted by atomic mass is 16.5. The Balaban J connectivity index is 3.06. The summed E-state index contributed by atoms with van der Waals surface area (Å²) in [5, 5.41) is 8.93. The Hall–Kier alpha value is -1.75. The van der Waals surface area contributed by atoms with Crippen LogP contribution in [-0.2, 0) is 4.79 Å². The van der Waals surface area contributed by atoms with Crippen molar-refractivity contribution in [3.63, 3.8) is 0 Å². The second-order valence-electron chi connectivity index (χ2n) is 4.60. The van der Waals surface area contributed by atoms with Crippen LogP contribution in [0, 0.1) is 12.8 Å². The Morgan fingerprint density at radius 3 is 2.47 bits per heavy atom. The van der Waals surface area contributed by atoms with E-state index in [1.807, 2.05) is 19.1 Å². The van der Waals surface area contributed by atoms with Gasteiger partial charge in [-0.05, 0) is 19.4 Å². The van der Waals surface area contributed by atoms with E-state index in [0.29, 0.717) is 12.2 Å². The van der Waals surface area contributed by atoms with Crippen molar-refractivity contribution >= 4 is 5.97 Å². The normalized spacial score (nSPS) is 13.7. The van der Waals surface area contributed by atoms with Crippen LogP contribution in [-0.4, -0.2) is 25.3 Å². The molecule has 2 atom stereocenters. The number of ether oxygens (including phenoxy) is 2. The Bertz CT molecular complexity index is 459. The SMILES string of the molecule is COc1ccc(C(N)CC(C)C(=O)O)c(OC)c1C. The molecule has 1 rings (SSSR count). The van der Waals surface area contributed by atoms with Gasteiger partial charge in [-0.3, -0.25) is 4.79 Å². The van der Waals surface area contributed by atoms with Crippen LogP contribution in [0.1, 0.15) is 30.5 Å². The summed E-state index contributed by atoms with van der Waals surface area (Å²) in [6, 6.07) is 3.26. The largest absolute Gasteiger partial charge is 0.496 e. The summed E-state index contributed by atoms with van der Waals surface area (Å²) in [6.45, 7) is 3.53. The second kappa shape index (κ2) is 6.43. The molecule has 0 saturated heterocycles. The number of hydrogen-bond acceptors (Lipinski definition) is 4. The van der Waals surface area contributed by atoms with Gasteiger partial charge in [0.1, 0.15) is 11.5 Å². The van der Waals surface area contributed by atoms with Crippen LogP contribution >= 0.6 is 0 Å². The smallest absolute Gasteiger partial charge is 0.306 e. The van der Waals surface area contributed by atoms with Crippen molar-refractivity contribution in [1.29, 1.82) is 0 Å². The molecule has 0 aliphatic carbocycles. The van der Waals surface area contributed by atoms with Crippen LogP contribution in [0.15, 0.2) is 12.1 Å². The van der Waals surface area contributed by atoms with Crippen molar-refractivity contribution in [2.75, 3.05) is 14.2 Å². The number of hydrogen-bond donors (Lipinski definition) is 2. The molecular weight excluding hydrogens is 246 g/mol. The van der Waals surface area contributed by atoms with Crippen LogP contribution in [0.2, 0.25) is 0 Å². The van der Waals surface area contributed by atoms with E-state index in [1.54, 1.807) is 21.1 Å². The van der Waals surface area contributed by atoms with E-state index in [4.69, 9.17) is 20.3 Å². The average molecular weight is 267 g/mol. The fraction of sp³-hybridized carbons (Fsp3) is 0.500. The maximum absolute atomic E-state index is 10.9. The van der Waals surface area contributed by atoms with Crippen LogP contribution < -0.4 is 15.2 Å². The van der Waals surface area contributed by atoms with E-state index in [1.165, 1.54) is 0 Å². The zero-order valence-electron chi connectivity index (χ0n) is 11.8. The molecule has 5 heteroatoms. The molecule has 0 spiro atoms. The summed E-state index contributed by atoms with van der Waals surface area (Å²) in [7, 11) is 3.16. The lowest BCUT2D eigenvalue weighted by atomic mass is 9.94. The lowest BCUT2D eigenvalue weighted by Crippen LogP contribution is -2.20. The summed E-state index contributed by atoms with van der Waals surface area (Å²) < 4.78 is 10.6. The topological polar surface area (TPSA) is 81.8 Å². The average Bonchev–Trinajstić information content (AvgIpc) is 2.37. The predicted octanol–water partition coefficient (Wildman–Crippen LogP) is 2.12. The Morgan fingerprint density at radius 2 is 2.00 bits per heavy atom. The summed E-state index contributed by atoms with van der Waals surface area (Å²) >= 11 is 0. The molecule has 0 saturated carbocycles. The number of nitrogens with two attached hydrogens (primary N) is 1. The van der Waals surface area contributed by atoms with Gasteiger partial charge in [0, 0.05) is 17.2 Å². The minimum absolute atomic E-state index is 0.359. The fourth-order valence-electron chi connectivity index (χ4n) is 2.09. The van der Waals surface area contributed by atoms with Gasteiger partial charge in [-0.1, -0.05) is 13.0 Å². The molecule has 0 fully saturated rings. The van der Waals surface area contributed by atoms with E-state index in [0.717, 1.165) is 16.9 Å². The molecule has 3 N–H and O–H groups in total. The van der Waals surface area contributed by atoms with E-state index in [2.05, 4.69) is 0 Å². The first kappa shape index (κ1) is 15.3. The Kier molecular flexibility index (Phi) is 5.18. The molecule has 0 aliphatic rings. The number of rotatable bonds is 6. The zero-order chi connectivity index (χ0) is 14.6. The van der Waals surface area contributed by atoms with E-state index in [-0.39, 0.29) is 6.04 Å². The molecule has 2 unspecified atom stereocenters. The lowest BCUT2D eigenvalue weighted by molar-refractivity contribution is -0.141. The molecular formula is C14H21NO4. The molecule has 1 aromatic carbocycles. The van der Waals surface area contributed by atoms with Gasteiger partial charge in [0.25, 0.3) is 0 Å². The number of carbonyl (C=O) groups is 1. The minimum Gasteiger partial charge on any atom is -0.496 e. The van der Waals surface area contributed by atoms with Crippen molar-refractivity contribution in [2.45, 2.75) is 26.3 Å². The molecule has 106 valence electrons. The molecule has 0 aliphatic heterocycles. The quantitative estimate of drug-likeness (QED) is 0.825. The molecule has 0 radical (unpaired) electrons. The third-order valence-corrected chi connectivity index (χ3v) is 3.24. The van der Waals surface area contributed by atoms with Crippen molar-refractivity contribution < 1.29 is 19.4 Å². The highest BCUT2D eigenvalue weighted by Crippen LogP contribution is 2.35. The van der Waals surface area contributed by atoms with E-state index in [9.17, 15) is 4.79 Å². The maximum atomic E-state index is 10.9. The fourth-order valence-corrected chi connectivity index (χ4v) is 2.09. The van der Waals surface area contributed by atoms with Gasteiger partial charge in [-0.25, -0.2) is 0 Å². The number of methoxy groups -OCH3 is 2. The van der Waals surface area contributed by atoms with Crippen molar-refractivity contribution in [2.24, 2.45) is 11.7 Å². The van der Waals surface area contributed by atoms with Crippen LogP contribution in [0.4, 0.5) is 0 Å². The van der Waals surface area contributed by atoms with Crippen molar-refractivity contribution in [3.8, 4) is 11.5 Å². The monoisotopic (exact) mass is 267 g/mol. The number of benzene rings is 1. The molecule has 0 bridgehead atoms. The summed E-state index contributed by atoms with van der Waals surface area (Å²) in [5.74, 6) is 0.0327. The minimum atomic E-state index is -0.848. The maximum Gasteiger partial charge on any atom is 0.306 e.